The van der Waals surface area contributed by atoms with Gasteiger partial charge in [0.05, 0.1) is 7.11 Å². The minimum Gasteiger partial charge on any atom is -0.496 e. The molecule has 18 heavy (non-hydrogen) atoms. The topological polar surface area (TPSA) is 21.3 Å². The van der Waals surface area contributed by atoms with Crippen molar-refractivity contribution in [3.63, 3.8) is 0 Å². The zero-order chi connectivity index (χ0) is 13.1. The Morgan fingerprint density at radius 1 is 1.28 bits per heavy atom. The maximum absolute atomic E-state index is 5.70. The van der Waals surface area contributed by atoms with E-state index >= 15 is 0 Å². The Morgan fingerprint density at radius 2 is 1.94 bits per heavy atom. The first-order chi connectivity index (χ1) is 8.63. The molecule has 1 N–H and O–H groups in total. The lowest BCUT2D eigenvalue weighted by atomic mass is 9.87. The summed E-state index contributed by atoms with van der Waals surface area (Å²) >= 11 is 3.64. The Morgan fingerprint density at radius 3 is 2.50 bits per heavy atom. The molecule has 1 saturated heterocycles. The van der Waals surface area contributed by atoms with Crippen LogP contribution in [0, 0.1) is 0 Å². The third-order valence-electron chi connectivity index (χ3n) is 3.72. The van der Waals surface area contributed by atoms with Crippen molar-refractivity contribution in [3.8, 4) is 5.75 Å². The molecule has 0 spiro atoms. The Labute approximate surface area is 118 Å². The highest BCUT2D eigenvalue weighted by Crippen LogP contribution is 2.40. The molecule has 2 rings (SSSR count). The molecule has 1 aliphatic heterocycles. The zero-order valence-corrected chi connectivity index (χ0v) is 13.0. The normalized spacial score (nSPS) is 17.2. The van der Waals surface area contributed by atoms with Crippen molar-refractivity contribution in [3.05, 3.63) is 27.7 Å². The van der Waals surface area contributed by atoms with E-state index in [9.17, 15) is 0 Å². The summed E-state index contributed by atoms with van der Waals surface area (Å²) in [5, 5.41) is 3.42. The molecular formula is C15H22BrNO. The first kappa shape index (κ1) is 13.9. The van der Waals surface area contributed by atoms with Gasteiger partial charge in [-0.15, -0.1) is 0 Å². The van der Waals surface area contributed by atoms with Gasteiger partial charge in [0.15, 0.2) is 0 Å². The molecule has 100 valence electrons. The third-order valence-corrected chi connectivity index (χ3v) is 4.17. The summed E-state index contributed by atoms with van der Waals surface area (Å²) < 4.78 is 6.87. The van der Waals surface area contributed by atoms with Crippen LogP contribution in [0.1, 0.15) is 49.7 Å². The highest BCUT2D eigenvalue weighted by molar-refractivity contribution is 9.10. The number of nitrogens with one attached hydrogen (secondary N) is 1. The summed E-state index contributed by atoms with van der Waals surface area (Å²) in [7, 11) is 1.79. The molecule has 0 radical (unpaired) electrons. The van der Waals surface area contributed by atoms with Crippen LogP contribution in [0.4, 0.5) is 0 Å². The van der Waals surface area contributed by atoms with Crippen molar-refractivity contribution < 1.29 is 4.74 Å². The lowest BCUT2D eigenvalue weighted by molar-refractivity contribution is 0.385. The Balaban J connectivity index is 2.43. The lowest BCUT2D eigenvalue weighted by Gasteiger charge is -2.26. The molecule has 0 atom stereocenters. The van der Waals surface area contributed by atoms with E-state index in [1.54, 1.807) is 7.11 Å². The Kier molecular flexibility index (Phi) is 4.68. The van der Waals surface area contributed by atoms with Crippen molar-refractivity contribution in [1.29, 1.82) is 0 Å². The largest absolute Gasteiger partial charge is 0.496 e. The summed E-state index contributed by atoms with van der Waals surface area (Å²) in [6.45, 7) is 6.65. The number of benzene rings is 1. The van der Waals surface area contributed by atoms with Crippen LogP contribution in [-0.4, -0.2) is 20.2 Å². The van der Waals surface area contributed by atoms with Crippen LogP contribution in [0.5, 0.6) is 5.75 Å². The fraction of sp³-hybridized carbons (Fsp3) is 0.600. The molecule has 3 heteroatoms. The van der Waals surface area contributed by atoms with Gasteiger partial charge >= 0.3 is 0 Å². The van der Waals surface area contributed by atoms with Crippen molar-refractivity contribution in [2.45, 2.75) is 38.5 Å². The second-order valence-electron chi connectivity index (χ2n) is 5.30. The van der Waals surface area contributed by atoms with Crippen LogP contribution in [0.25, 0.3) is 0 Å². The van der Waals surface area contributed by atoms with Crippen molar-refractivity contribution in [2.75, 3.05) is 20.2 Å². The van der Waals surface area contributed by atoms with E-state index in [2.05, 4.69) is 47.2 Å². The molecule has 0 aliphatic carbocycles. The molecule has 0 bridgehead atoms. The van der Waals surface area contributed by atoms with Gasteiger partial charge < -0.3 is 10.1 Å². The summed E-state index contributed by atoms with van der Waals surface area (Å²) in [5.74, 6) is 2.20. The van der Waals surface area contributed by atoms with E-state index in [1.165, 1.54) is 28.4 Å². The van der Waals surface area contributed by atoms with Gasteiger partial charge in [0.2, 0.25) is 0 Å². The van der Waals surface area contributed by atoms with Crippen LogP contribution < -0.4 is 10.1 Å². The van der Waals surface area contributed by atoms with Crippen LogP contribution >= 0.6 is 15.9 Å². The summed E-state index contributed by atoms with van der Waals surface area (Å²) in [5.41, 5.74) is 2.68. The van der Waals surface area contributed by atoms with Crippen molar-refractivity contribution in [2.24, 2.45) is 0 Å². The average Bonchev–Trinajstić information content (AvgIpc) is 2.38. The number of rotatable bonds is 3. The lowest BCUT2D eigenvalue weighted by Crippen LogP contribution is -2.27. The second kappa shape index (κ2) is 6.07. The number of hydrogen-bond acceptors (Lipinski definition) is 2. The van der Waals surface area contributed by atoms with Gasteiger partial charge in [-0.3, -0.25) is 0 Å². The monoisotopic (exact) mass is 311 g/mol. The fourth-order valence-corrected chi connectivity index (χ4v) is 3.23. The summed E-state index contributed by atoms with van der Waals surface area (Å²) in [6, 6.07) is 4.43. The van der Waals surface area contributed by atoms with Gasteiger partial charge in [0.1, 0.15) is 5.75 Å². The predicted octanol–water partition coefficient (Wildman–Crippen LogP) is 4.05. The van der Waals surface area contributed by atoms with E-state index in [4.69, 9.17) is 4.74 Å². The van der Waals surface area contributed by atoms with Gasteiger partial charge in [-0.25, -0.2) is 0 Å². The van der Waals surface area contributed by atoms with Gasteiger partial charge in [-0.05, 0) is 61.0 Å². The number of hydrogen-bond donors (Lipinski definition) is 1. The van der Waals surface area contributed by atoms with E-state index in [-0.39, 0.29) is 0 Å². The molecule has 1 aliphatic rings. The molecule has 0 amide bonds. The van der Waals surface area contributed by atoms with Gasteiger partial charge in [-0.1, -0.05) is 29.8 Å². The summed E-state index contributed by atoms with van der Waals surface area (Å²) in [4.78, 5) is 0. The van der Waals surface area contributed by atoms with E-state index in [1.807, 2.05) is 0 Å². The summed E-state index contributed by atoms with van der Waals surface area (Å²) in [6.07, 6.45) is 2.40. The van der Waals surface area contributed by atoms with Crippen molar-refractivity contribution >= 4 is 15.9 Å². The third kappa shape index (κ3) is 2.89. The quantitative estimate of drug-likeness (QED) is 0.909. The van der Waals surface area contributed by atoms with Gasteiger partial charge in [0, 0.05) is 4.47 Å². The molecular weight excluding hydrogens is 290 g/mol. The molecule has 1 aromatic rings. The van der Waals surface area contributed by atoms with Crippen LogP contribution in [-0.2, 0) is 0 Å². The first-order valence-corrected chi connectivity index (χ1v) is 7.50. The second-order valence-corrected chi connectivity index (χ2v) is 6.21. The van der Waals surface area contributed by atoms with E-state index < -0.39 is 0 Å². The molecule has 1 aromatic carbocycles. The molecule has 0 unspecified atom stereocenters. The molecule has 0 aromatic heterocycles. The van der Waals surface area contributed by atoms with Gasteiger partial charge in [0.25, 0.3) is 0 Å². The molecule has 1 heterocycles. The standard InChI is InChI=1S/C15H22BrNO/c1-10(2)13-8-12(16)9-14(15(13)18-3)11-4-6-17-7-5-11/h8-11,17H,4-7H2,1-3H3. The Hall–Kier alpha value is -0.540. The fourth-order valence-electron chi connectivity index (χ4n) is 2.74. The predicted molar refractivity (Wildman–Crippen MR) is 79.6 cm³/mol. The van der Waals surface area contributed by atoms with Gasteiger partial charge in [-0.2, -0.15) is 0 Å². The zero-order valence-electron chi connectivity index (χ0n) is 11.4. The maximum atomic E-state index is 5.70. The smallest absolute Gasteiger partial charge is 0.125 e. The van der Waals surface area contributed by atoms with Crippen molar-refractivity contribution in [1.82, 2.24) is 5.32 Å². The maximum Gasteiger partial charge on any atom is 0.125 e. The molecule has 1 fully saturated rings. The minimum atomic E-state index is 0.484. The Bertz CT molecular complexity index is 411. The van der Waals surface area contributed by atoms with Crippen LogP contribution in [0.2, 0.25) is 0 Å². The average molecular weight is 312 g/mol. The SMILES string of the molecule is COc1c(C(C)C)cc(Br)cc1C1CCNCC1. The number of halogens is 1. The highest BCUT2D eigenvalue weighted by atomic mass is 79.9. The van der Waals surface area contributed by atoms with Crippen LogP contribution in [0.15, 0.2) is 16.6 Å². The molecule has 2 nitrogen and oxygen atoms in total. The number of methoxy groups -OCH3 is 1. The van der Waals surface area contributed by atoms with Crippen LogP contribution in [0.3, 0.4) is 0 Å². The first-order valence-electron chi connectivity index (χ1n) is 6.71. The minimum absolute atomic E-state index is 0.484. The number of piperidine rings is 1. The molecule has 0 saturated carbocycles. The van der Waals surface area contributed by atoms with E-state index in [0.29, 0.717) is 11.8 Å². The van der Waals surface area contributed by atoms with E-state index in [0.717, 1.165) is 18.8 Å². The highest BCUT2D eigenvalue weighted by Gasteiger charge is 2.22. The number of ether oxygens (including phenoxy) is 1.